The maximum Gasteiger partial charge on any atom is 0.403 e. The maximum atomic E-state index is 12.8. The Bertz CT molecular complexity index is 587. The first-order chi connectivity index (χ1) is 12.3. The van der Waals surface area contributed by atoms with Gasteiger partial charge in [0.2, 0.25) is 5.89 Å². The van der Waals surface area contributed by atoms with Crippen LogP contribution in [0.1, 0.15) is 32.0 Å². The lowest BCUT2D eigenvalue weighted by atomic mass is 10.2. The van der Waals surface area contributed by atoms with Gasteiger partial charge in [0, 0.05) is 45.7 Å². The minimum Gasteiger partial charge on any atom is -0.357 e. The lowest BCUT2D eigenvalue weighted by Crippen LogP contribution is -2.56. The molecule has 156 valence electrons. The van der Waals surface area contributed by atoms with Gasteiger partial charge in [-0.15, -0.1) is 24.0 Å². The van der Waals surface area contributed by atoms with E-state index in [-0.39, 0.29) is 24.0 Å². The Morgan fingerprint density at radius 1 is 1.30 bits per heavy atom. The van der Waals surface area contributed by atoms with Gasteiger partial charge < -0.3 is 14.7 Å². The summed E-state index contributed by atoms with van der Waals surface area (Å²) in [7, 11) is 0. The highest BCUT2D eigenvalue weighted by Crippen LogP contribution is 2.25. The van der Waals surface area contributed by atoms with E-state index >= 15 is 0 Å². The van der Waals surface area contributed by atoms with E-state index < -0.39 is 12.2 Å². The third kappa shape index (κ3) is 7.43. The van der Waals surface area contributed by atoms with Gasteiger partial charge in [-0.05, 0) is 27.2 Å². The van der Waals surface area contributed by atoms with E-state index in [0.717, 1.165) is 12.4 Å². The lowest BCUT2D eigenvalue weighted by molar-refractivity contribution is -0.181. The van der Waals surface area contributed by atoms with Crippen LogP contribution < -0.4 is 5.32 Å². The highest BCUT2D eigenvalue weighted by molar-refractivity contribution is 14.0. The predicted molar refractivity (Wildman–Crippen MR) is 107 cm³/mol. The topological polar surface area (TPSA) is 69.8 Å². The number of piperazine rings is 1. The van der Waals surface area contributed by atoms with Crippen molar-refractivity contribution in [3.8, 4) is 0 Å². The highest BCUT2D eigenvalue weighted by Gasteiger charge is 2.41. The minimum absolute atomic E-state index is 0. The van der Waals surface area contributed by atoms with E-state index in [9.17, 15) is 13.2 Å². The fourth-order valence-corrected chi connectivity index (χ4v) is 2.81. The highest BCUT2D eigenvalue weighted by atomic mass is 127. The fraction of sp³-hybridized carbons (Fsp3) is 0.812. The number of alkyl halides is 3. The molecule has 0 spiro atoms. The average molecular weight is 504 g/mol. The van der Waals surface area contributed by atoms with Crippen LogP contribution in [0, 0.1) is 6.92 Å². The van der Waals surface area contributed by atoms with Crippen LogP contribution in [0.4, 0.5) is 13.2 Å². The molecule has 2 rings (SSSR count). The molecular formula is C16H28F3IN6O. The second-order valence-corrected chi connectivity index (χ2v) is 6.32. The molecule has 2 heterocycles. The number of halogens is 4. The Morgan fingerprint density at radius 2 is 1.96 bits per heavy atom. The SMILES string of the molecule is CCNC(=NCCCc1nc(C)no1)N1CCN(C(C)C(F)(F)F)CC1.I. The lowest BCUT2D eigenvalue weighted by Gasteiger charge is -2.39. The zero-order chi connectivity index (χ0) is 19.2. The summed E-state index contributed by atoms with van der Waals surface area (Å²) in [6.07, 6.45) is -2.77. The molecule has 1 aliphatic rings. The van der Waals surface area contributed by atoms with Crippen molar-refractivity contribution in [2.45, 2.75) is 45.8 Å². The summed E-state index contributed by atoms with van der Waals surface area (Å²) in [6.45, 7) is 8.04. The van der Waals surface area contributed by atoms with Gasteiger partial charge in [0.25, 0.3) is 0 Å². The molecule has 0 radical (unpaired) electrons. The molecule has 1 aromatic heterocycles. The molecule has 1 N–H and O–H groups in total. The van der Waals surface area contributed by atoms with E-state index in [2.05, 4.69) is 20.4 Å². The summed E-state index contributed by atoms with van der Waals surface area (Å²) >= 11 is 0. The van der Waals surface area contributed by atoms with Gasteiger partial charge in [-0.2, -0.15) is 18.2 Å². The minimum atomic E-state index is -4.19. The van der Waals surface area contributed by atoms with E-state index in [1.807, 2.05) is 11.8 Å². The molecule has 7 nitrogen and oxygen atoms in total. The number of hydrogen-bond donors (Lipinski definition) is 1. The van der Waals surface area contributed by atoms with Crippen molar-refractivity contribution >= 4 is 29.9 Å². The maximum absolute atomic E-state index is 12.8. The Hall–Kier alpha value is -1.11. The van der Waals surface area contributed by atoms with Crippen molar-refractivity contribution in [2.75, 3.05) is 39.3 Å². The van der Waals surface area contributed by atoms with E-state index in [1.54, 1.807) is 6.92 Å². The van der Waals surface area contributed by atoms with Gasteiger partial charge in [-0.1, -0.05) is 5.16 Å². The van der Waals surface area contributed by atoms with Gasteiger partial charge in [-0.3, -0.25) is 9.89 Å². The number of rotatable bonds is 6. The number of aromatic nitrogens is 2. The summed E-state index contributed by atoms with van der Waals surface area (Å²) in [4.78, 5) is 12.2. The molecule has 0 aromatic carbocycles. The molecule has 0 aliphatic carbocycles. The number of hydrogen-bond acceptors (Lipinski definition) is 5. The third-order valence-corrected chi connectivity index (χ3v) is 4.35. The molecule has 0 saturated carbocycles. The van der Waals surface area contributed by atoms with Gasteiger partial charge >= 0.3 is 6.18 Å². The molecule has 1 atom stereocenters. The van der Waals surface area contributed by atoms with Crippen LogP contribution in [-0.2, 0) is 6.42 Å². The molecule has 1 fully saturated rings. The van der Waals surface area contributed by atoms with Crippen molar-refractivity contribution in [3.05, 3.63) is 11.7 Å². The number of nitrogens with one attached hydrogen (secondary N) is 1. The Labute approximate surface area is 174 Å². The third-order valence-electron chi connectivity index (χ3n) is 4.35. The summed E-state index contributed by atoms with van der Waals surface area (Å²) in [5, 5.41) is 6.96. The van der Waals surface area contributed by atoms with E-state index in [1.165, 1.54) is 11.8 Å². The quantitative estimate of drug-likeness (QED) is 0.278. The zero-order valence-corrected chi connectivity index (χ0v) is 18.3. The van der Waals surface area contributed by atoms with Crippen LogP contribution in [0.5, 0.6) is 0 Å². The molecule has 27 heavy (non-hydrogen) atoms. The Morgan fingerprint density at radius 3 is 2.48 bits per heavy atom. The van der Waals surface area contributed by atoms with Crippen molar-refractivity contribution in [2.24, 2.45) is 4.99 Å². The average Bonchev–Trinajstić information content (AvgIpc) is 3.01. The monoisotopic (exact) mass is 504 g/mol. The smallest absolute Gasteiger partial charge is 0.357 e. The Balaban J connectivity index is 0.00000364. The number of aryl methyl sites for hydroxylation is 2. The van der Waals surface area contributed by atoms with Gasteiger partial charge in [0.05, 0.1) is 0 Å². The standard InChI is InChI=1S/C16H27F3N6O.HI/c1-4-20-15(21-7-5-6-14-22-13(3)23-26-14)25-10-8-24(9-11-25)12(2)16(17,18)19;/h12H,4-11H2,1-3H3,(H,20,21);1H. The molecule has 1 unspecified atom stereocenters. The van der Waals surface area contributed by atoms with Crippen LogP contribution in [0.3, 0.4) is 0 Å². The molecule has 0 bridgehead atoms. The summed E-state index contributed by atoms with van der Waals surface area (Å²) in [5.41, 5.74) is 0. The van der Waals surface area contributed by atoms with Crippen molar-refractivity contribution < 1.29 is 17.7 Å². The van der Waals surface area contributed by atoms with Gasteiger partial charge in [-0.25, -0.2) is 0 Å². The van der Waals surface area contributed by atoms with Crippen LogP contribution in [-0.4, -0.2) is 77.4 Å². The fourth-order valence-electron chi connectivity index (χ4n) is 2.81. The van der Waals surface area contributed by atoms with Crippen LogP contribution in [0.25, 0.3) is 0 Å². The predicted octanol–water partition coefficient (Wildman–Crippen LogP) is 2.46. The van der Waals surface area contributed by atoms with Crippen molar-refractivity contribution in [3.63, 3.8) is 0 Å². The molecule has 1 saturated heterocycles. The van der Waals surface area contributed by atoms with E-state index in [4.69, 9.17) is 4.52 Å². The number of nitrogens with zero attached hydrogens (tertiary/aromatic N) is 5. The number of guanidine groups is 1. The second kappa shape index (κ2) is 11.0. The van der Waals surface area contributed by atoms with Crippen LogP contribution in [0.2, 0.25) is 0 Å². The van der Waals surface area contributed by atoms with Crippen LogP contribution in [0.15, 0.2) is 9.52 Å². The van der Waals surface area contributed by atoms with Gasteiger partial charge in [0.15, 0.2) is 11.8 Å². The van der Waals surface area contributed by atoms with Gasteiger partial charge in [0.1, 0.15) is 6.04 Å². The first-order valence-electron chi connectivity index (χ1n) is 8.94. The number of aliphatic imine (C=N–C) groups is 1. The molecule has 1 aromatic rings. The summed E-state index contributed by atoms with van der Waals surface area (Å²) in [6, 6.07) is -1.41. The second-order valence-electron chi connectivity index (χ2n) is 6.32. The molecular weight excluding hydrogens is 476 g/mol. The summed E-state index contributed by atoms with van der Waals surface area (Å²) in [5.74, 6) is 1.95. The van der Waals surface area contributed by atoms with Crippen molar-refractivity contribution in [1.29, 1.82) is 0 Å². The molecule has 1 aliphatic heterocycles. The first-order valence-corrected chi connectivity index (χ1v) is 8.94. The normalized spacial score (nSPS) is 17.6. The van der Waals surface area contributed by atoms with E-state index in [0.29, 0.717) is 57.4 Å². The Kier molecular flexibility index (Phi) is 9.77. The zero-order valence-electron chi connectivity index (χ0n) is 15.9. The first kappa shape index (κ1) is 23.9. The van der Waals surface area contributed by atoms with Crippen molar-refractivity contribution in [1.82, 2.24) is 25.3 Å². The summed E-state index contributed by atoms with van der Waals surface area (Å²) < 4.78 is 43.6. The van der Waals surface area contributed by atoms with Crippen LogP contribution >= 0.6 is 24.0 Å². The largest absolute Gasteiger partial charge is 0.403 e. The molecule has 0 amide bonds. The molecule has 11 heteroatoms.